The molecule has 0 bridgehead atoms. The first kappa shape index (κ1) is 14.4. The standard InChI is InChI=1S/C16H21N3O/c1-2-3-4-16(20)19-11-9-18(10-12-19)15-7-5-14(13-17)6-8-15/h5-8H,2-4,9-12H2,1H3. The zero-order valence-electron chi connectivity index (χ0n) is 12.0. The van der Waals surface area contributed by atoms with Gasteiger partial charge in [-0.3, -0.25) is 4.79 Å². The van der Waals surface area contributed by atoms with Gasteiger partial charge in [-0.1, -0.05) is 13.3 Å². The Morgan fingerprint density at radius 2 is 1.85 bits per heavy atom. The largest absolute Gasteiger partial charge is 0.368 e. The number of rotatable bonds is 4. The number of piperazine rings is 1. The summed E-state index contributed by atoms with van der Waals surface area (Å²) in [6.07, 6.45) is 2.72. The van der Waals surface area contributed by atoms with Crippen LogP contribution in [-0.2, 0) is 4.79 Å². The summed E-state index contributed by atoms with van der Waals surface area (Å²) in [6.45, 7) is 5.43. The molecule has 2 rings (SSSR count). The predicted octanol–water partition coefficient (Wildman–Crippen LogP) is 2.40. The van der Waals surface area contributed by atoms with Crippen molar-refractivity contribution in [2.45, 2.75) is 26.2 Å². The zero-order chi connectivity index (χ0) is 14.4. The van der Waals surface area contributed by atoms with Crippen LogP contribution in [0.15, 0.2) is 24.3 Å². The van der Waals surface area contributed by atoms with Gasteiger partial charge in [0.2, 0.25) is 5.91 Å². The van der Waals surface area contributed by atoms with Gasteiger partial charge in [0.1, 0.15) is 0 Å². The lowest BCUT2D eigenvalue weighted by atomic mass is 10.2. The van der Waals surface area contributed by atoms with Gasteiger partial charge in [-0.2, -0.15) is 5.26 Å². The summed E-state index contributed by atoms with van der Waals surface area (Å²) in [6, 6.07) is 9.77. The Labute approximate surface area is 120 Å². The van der Waals surface area contributed by atoms with Gasteiger partial charge < -0.3 is 9.80 Å². The van der Waals surface area contributed by atoms with E-state index in [1.807, 2.05) is 29.2 Å². The fourth-order valence-electron chi connectivity index (χ4n) is 2.45. The predicted molar refractivity (Wildman–Crippen MR) is 79.5 cm³/mol. The summed E-state index contributed by atoms with van der Waals surface area (Å²) < 4.78 is 0. The Morgan fingerprint density at radius 3 is 2.40 bits per heavy atom. The molecule has 0 atom stereocenters. The summed E-state index contributed by atoms with van der Waals surface area (Å²) >= 11 is 0. The van der Waals surface area contributed by atoms with Crippen molar-refractivity contribution in [2.24, 2.45) is 0 Å². The van der Waals surface area contributed by atoms with E-state index in [4.69, 9.17) is 5.26 Å². The second-order valence-corrected chi connectivity index (χ2v) is 5.13. The number of nitrogens with zero attached hydrogens (tertiary/aromatic N) is 3. The van der Waals surface area contributed by atoms with Crippen molar-refractivity contribution in [2.75, 3.05) is 31.1 Å². The fraction of sp³-hybridized carbons (Fsp3) is 0.500. The summed E-state index contributed by atoms with van der Waals surface area (Å²) in [5, 5.41) is 8.80. The Hall–Kier alpha value is -2.02. The quantitative estimate of drug-likeness (QED) is 0.845. The molecule has 0 aromatic heterocycles. The summed E-state index contributed by atoms with van der Waals surface area (Å²) in [5.74, 6) is 0.284. The third kappa shape index (κ3) is 3.51. The van der Waals surface area contributed by atoms with Gasteiger partial charge in [0.15, 0.2) is 0 Å². The van der Waals surface area contributed by atoms with Crippen molar-refractivity contribution < 1.29 is 4.79 Å². The number of unbranched alkanes of at least 4 members (excludes halogenated alkanes) is 1. The molecular weight excluding hydrogens is 250 g/mol. The average Bonchev–Trinajstić information content (AvgIpc) is 2.53. The minimum atomic E-state index is 0.284. The van der Waals surface area contributed by atoms with Crippen molar-refractivity contribution in [1.82, 2.24) is 4.90 Å². The lowest BCUT2D eigenvalue weighted by Gasteiger charge is -2.36. The molecule has 1 fully saturated rings. The summed E-state index contributed by atoms with van der Waals surface area (Å²) in [7, 11) is 0. The van der Waals surface area contributed by atoms with Crippen LogP contribution in [0.2, 0.25) is 0 Å². The molecule has 0 N–H and O–H groups in total. The number of carbonyl (C=O) groups is 1. The summed E-state index contributed by atoms with van der Waals surface area (Å²) in [4.78, 5) is 16.2. The van der Waals surface area contributed by atoms with Gasteiger partial charge in [-0.25, -0.2) is 0 Å². The van der Waals surface area contributed by atoms with Crippen molar-refractivity contribution >= 4 is 11.6 Å². The molecule has 4 heteroatoms. The van der Waals surface area contributed by atoms with Crippen molar-refractivity contribution in [3.63, 3.8) is 0 Å². The van der Waals surface area contributed by atoms with Crippen molar-refractivity contribution in [3.8, 4) is 6.07 Å². The van der Waals surface area contributed by atoms with Crippen molar-refractivity contribution in [3.05, 3.63) is 29.8 Å². The average molecular weight is 271 g/mol. The highest BCUT2D eigenvalue weighted by Gasteiger charge is 2.20. The number of anilines is 1. The maximum atomic E-state index is 12.0. The highest BCUT2D eigenvalue weighted by Crippen LogP contribution is 2.17. The Kier molecular flexibility index (Phi) is 5.00. The van der Waals surface area contributed by atoms with E-state index in [0.29, 0.717) is 12.0 Å². The monoisotopic (exact) mass is 271 g/mol. The minimum Gasteiger partial charge on any atom is -0.368 e. The Balaban J connectivity index is 1.87. The Morgan fingerprint density at radius 1 is 1.20 bits per heavy atom. The van der Waals surface area contributed by atoms with E-state index < -0.39 is 0 Å². The lowest BCUT2D eigenvalue weighted by Crippen LogP contribution is -2.48. The topological polar surface area (TPSA) is 47.3 Å². The van der Waals surface area contributed by atoms with Crippen LogP contribution < -0.4 is 4.90 Å². The molecule has 0 radical (unpaired) electrons. The highest BCUT2D eigenvalue weighted by atomic mass is 16.2. The maximum Gasteiger partial charge on any atom is 0.222 e. The minimum absolute atomic E-state index is 0.284. The second kappa shape index (κ2) is 6.95. The van der Waals surface area contributed by atoms with Crippen LogP contribution in [0.3, 0.4) is 0 Å². The molecule has 1 saturated heterocycles. The van der Waals surface area contributed by atoms with E-state index in [9.17, 15) is 4.79 Å². The van der Waals surface area contributed by atoms with E-state index in [1.165, 1.54) is 0 Å². The van der Waals surface area contributed by atoms with E-state index in [0.717, 1.165) is 44.7 Å². The number of hydrogen-bond acceptors (Lipinski definition) is 3. The smallest absolute Gasteiger partial charge is 0.222 e. The summed E-state index contributed by atoms with van der Waals surface area (Å²) in [5.41, 5.74) is 1.81. The van der Waals surface area contributed by atoms with Crippen LogP contribution in [0.1, 0.15) is 31.7 Å². The molecule has 1 amide bonds. The van der Waals surface area contributed by atoms with E-state index in [2.05, 4.69) is 17.9 Å². The van der Waals surface area contributed by atoms with Crippen LogP contribution in [0.4, 0.5) is 5.69 Å². The number of amides is 1. The molecule has 0 saturated carbocycles. The van der Waals surface area contributed by atoms with Gasteiger partial charge in [-0.15, -0.1) is 0 Å². The third-order valence-electron chi connectivity index (χ3n) is 3.74. The van der Waals surface area contributed by atoms with E-state index >= 15 is 0 Å². The molecule has 0 aliphatic carbocycles. The number of benzene rings is 1. The molecule has 1 aromatic rings. The normalized spacial score (nSPS) is 15.0. The van der Waals surface area contributed by atoms with Crippen LogP contribution >= 0.6 is 0 Å². The molecule has 20 heavy (non-hydrogen) atoms. The van der Waals surface area contributed by atoms with Crippen LogP contribution in [-0.4, -0.2) is 37.0 Å². The van der Waals surface area contributed by atoms with Gasteiger partial charge in [0.05, 0.1) is 11.6 Å². The zero-order valence-corrected chi connectivity index (χ0v) is 12.0. The molecule has 106 valence electrons. The van der Waals surface area contributed by atoms with Crippen molar-refractivity contribution in [1.29, 1.82) is 5.26 Å². The van der Waals surface area contributed by atoms with Crippen LogP contribution in [0, 0.1) is 11.3 Å². The lowest BCUT2D eigenvalue weighted by molar-refractivity contribution is -0.131. The van der Waals surface area contributed by atoms with Gasteiger partial charge in [0.25, 0.3) is 0 Å². The first-order valence-electron chi connectivity index (χ1n) is 7.27. The van der Waals surface area contributed by atoms with Crippen LogP contribution in [0.25, 0.3) is 0 Å². The highest BCUT2D eigenvalue weighted by molar-refractivity contribution is 5.76. The second-order valence-electron chi connectivity index (χ2n) is 5.13. The molecule has 1 aliphatic rings. The van der Waals surface area contributed by atoms with Crippen LogP contribution in [0.5, 0.6) is 0 Å². The first-order valence-corrected chi connectivity index (χ1v) is 7.27. The Bertz CT molecular complexity index is 481. The maximum absolute atomic E-state index is 12.0. The first-order chi connectivity index (χ1) is 9.74. The molecule has 4 nitrogen and oxygen atoms in total. The molecular formula is C16H21N3O. The van der Waals surface area contributed by atoms with Gasteiger partial charge in [-0.05, 0) is 30.7 Å². The number of carbonyl (C=O) groups excluding carboxylic acids is 1. The third-order valence-corrected chi connectivity index (χ3v) is 3.74. The van der Waals surface area contributed by atoms with Gasteiger partial charge >= 0.3 is 0 Å². The van der Waals surface area contributed by atoms with Gasteiger partial charge in [0, 0.05) is 38.3 Å². The number of nitriles is 1. The molecule has 1 aromatic carbocycles. The molecule has 0 unspecified atom stereocenters. The van der Waals surface area contributed by atoms with E-state index in [1.54, 1.807) is 0 Å². The fourth-order valence-corrected chi connectivity index (χ4v) is 2.45. The number of hydrogen-bond donors (Lipinski definition) is 0. The molecule has 1 heterocycles. The molecule has 1 aliphatic heterocycles. The molecule has 0 spiro atoms. The SMILES string of the molecule is CCCCC(=O)N1CCN(c2ccc(C#N)cc2)CC1. The van der Waals surface area contributed by atoms with E-state index in [-0.39, 0.29) is 5.91 Å².